The lowest BCUT2D eigenvalue weighted by Crippen LogP contribution is -2.45. The second kappa shape index (κ2) is 7.89. The quantitative estimate of drug-likeness (QED) is 0.420. The minimum atomic E-state index is -0.199. The van der Waals surface area contributed by atoms with E-state index >= 15 is 0 Å². The first-order valence-corrected chi connectivity index (χ1v) is 11.0. The van der Waals surface area contributed by atoms with Crippen LogP contribution in [0.25, 0.3) is 0 Å². The molecule has 0 aromatic heterocycles. The van der Waals surface area contributed by atoms with Gasteiger partial charge in [0.2, 0.25) is 0 Å². The van der Waals surface area contributed by atoms with Gasteiger partial charge in [-0.25, -0.2) is 0 Å². The summed E-state index contributed by atoms with van der Waals surface area (Å²) in [5.41, 5.74) is 3.49. The molecule has 0 unspecified atom stereocenters. The van der Waals surface area contributed by atoms with Crippen LogP contribution in [-0.4, -0.2) is 10.7 Å². The summed E-state index contributed by atoms with van der Waals surface area (Å²) in [5, 5.41) is 11.0. The Morgan fingerprint density at radius 1 is 1.22 bits per heavy atom. The van der Waals surface area contributed by atoms with Crippen LogP contribution in [0.15, 0.2) is 23.8 Å². The molecule has 2 nitrogen and oxygen atoms in total. The summed E-state index contributed by atoms with van der Waals surface area (Å²) in [6.45, 7) is 13.5. The van der Waals surface area contributed by atoms with Crippen LogP contribution in [0, 0.1) is 11.8 Å². The molecule has 0 radical (unpaired) electrons. The molecule has 0 fully saturated rings. The molecule has 0 spiro atoms. The van der Waals surface area contributed by atoms with Crippen LogP contribution < -0.4 is 4.74 Å². The fourth-order valence-electron chi connectivity index (χ4n) is 5.14. The Morgan fingerprint density at radius 3 is 2.67 bits per heavy atom. The van der Waals surface area contributed by atoms with Crippen molar-refractivity contribution in [3.63, 3.8) is 0 Å². The van der Waals surface area contributed by atoms with Gasteiger partial charge in [0.15, 0.2) is 0 Å². The zero-order valence-electron chi connectivity index (χ0n) is 18.1. The monoisotopic (exact) mass is 370 g/mol. The lowest BCUT2D eigenvalue weighted by molar-refractivity contribution is 0.00747. The Bertz CT molecular complexity index is 701. The number of hydrogen-bond donors (Lipinski definition) is 1. The van der Waals surface area contributed by atoms with Crippen molar-refractivity contribution >= 4 is 0 Å². The first-order chi connectivity index (χ1) is 12.7. The van der Waals surface area contributed by atoms with E-state index in [2.05, 4.69) is 53.7 Å². The SMILES string of the molecule is CCCCC[C@H](C)[C@H](C)c1cc(O)c2c(c1)OC(C)(C)[C@@H]1CC=C(C)C[C@@H]21. The van der Waals surface area contributed by atoms with Gasteiger partial charge in [-0.05, 0) is 63.1 Å². The van der Waals surface area contributed by atoms with E-state index in [-0.39, 0.29) is 5.60 Å². The second-order valence-electron chi connectivity index (χ2n) is 9.62. The summed E-state index contributed by atoms with van der Waals surface area (Å²) in [6, 6.07) is 4.24. The number of phenolic OH excluding ortho intramolecular Hbond substituents is 1. The number of ether oxygens (including phenoxy) is 1. The molecule has 4 atom stereocenters. The largest absolute Gasteiger partial charge is 0.508 e. The molecule has 150 valence electrons. The fraction of sp³-hybridized carbons (Fsp3) is 0.680. The summed E-state index contributed by atoms with van der Waals surface area (Å²) in [7, 11) is 0. The number of unbranched alkanes of at least 4 members (excludes halogenated alkanes) is 2. The Kier molecular flexibility index (Phi) is 5.93. The summed E-state index contributed by atoms with van der Waals surface area (Å²) < 4.78 is 6.48. The van der Waals surface area contributed by atoms with E-state index in [4.69, 9.17) is 4.74 Å². The number of hydrogen-bond acceptors (Lipinski definition) is 2. The minimum Gasteiger partial charge on any atom is -0.508 e. The normalized spacial score (nSPS) is 25.6. The maximum Gasteiger partial charge on any atom is 0.127 e. The van der Waals surface area contributed by atoms with Gasteiger partial charge in [-0.2, -0.15) is 0 Å². The zero-order chi connectivity index (χ0) is 19.8. The van der Waals surface area contributed by atoms with Gasteiger partial charge in [-0.1, -0.05) is 58.1 Å². The molecule has 1 aliphatic carbocycles. The predicted molar refractivity (Wildman–Crippen MR) is 114 cm³/mol. The zero-order valence-corrected chi connectivity index (χ0v) is 18.1. The standard InChI is InChI=1S/C25H38O2/c1-7-8-9-10-17(3)18(4)19-14-22(26)24-20-13-16(2)11-12-21(20)25(5,6)27-23(24)15-19/h11,14-15,17-18,20-21,26H,7-10,12-13H2,1-6H3/t17-,18-,20+,21+/m0/s1. The highest BCUT2D eigenvalue weighted by Gasteiger charge is 2.45. The summed E-state index contributed by atoms with van der Waals surface area (Å²) in [4.78, 5) is 0. The Hall–Kier alpha value is -1.44. The van der Waals surface area contributed by atoms with E-state index in [1.54, 1.807) is 0 Å². The molecule has 2 heteroatoms. The Balaban J connectivity index is 1.91. The molecule has 2 aliphatic rings. The molecule has 0 saturated heterocycles. The average molecular weight is 371 g/mol. The molecule has 0 saturated carbocycles. The number of allylic oxidation sites excluding steroid dienone is 2. The lowest BCUT2D eigenvalue weighted by atomic mass is 9.67. The second-order valence-corrected chi connectivity index (χ2v) is 9.62. The van der Waals surface area contributed by atoms with Crippen molar-refractivity contribution in [1.82, 2.24) is 0 Å². The molecular weight excluding hydrogens is 332 g/mol. The summed E-state index contributed by atoms with van der Waals surface area (Å²) >= 11 is 0. The van der Waals surface area contributed by atoms with E-state index in [9.17, 15) is 5.11 Å². The van der Waals surface area contributed by atoms with Crippen molar-refractivity contribution in [2.45, 2.75) is 97.5 Å². The molecule has 1 heterocycles. The van der Waals surface area contributed by atoms with E-state index in [1.807, 2.05) is 6.07 Å². The van der Waals surface area contributed by atoms with Crippen LogP contribution in [0.4, 0.5) is 0 Å². The van der Waals surface area contributed by atoms with Gasteiger partial charge in [0, 0.05) is 17.4 Å². The van der Waals surface area contributed by atoms with Crippen molar-refractivity contribution in [3.05, 3.63) is 34.9 Å². The molecule has 27 heavy (non-hydrogen) atoms. The average Bonchev–Trinajstić information content (AvgIpc) is 2.59. The lowest BCUT2D eigenvalue weighted by Gasteiger charge is -2.47. The van der Waals surface area contributed by atoms with Crippen LogP contribution in [0.5, 0.6) is 11.5 Å². The van der Waals surface area contributed by atoms with Crippen LogP contribution in [0.1, 0.15) is 103 Å². The van der Waals surface area contributed by atoms with Crippen LogP contribution in [0.2, 0.25) is 0 Å². The molecule has 0 amide bonds. The number of phenols is 1. The first kappa shape index (κ1) is 20.3. The van der Waals surface area contributed by atoms with Gasteiger partial charge in [0.25, 0.3) is 0 Å². The third-order valence-electron chi connectivity index (χ3n) is 7.17. The van der Waals surface area contributed by atoms with Gasteiger partial charge < -0.3 is 9.84 Å². The number of benzene rings is 1. The first-order valence-electron chi connectivity index (χ1n) is 11.0. The minimum absolute atomic E-state index is 0.199. The van der Waals surface area contributed by atoms with E-state index in [1.165, 1.54) is 36.8 Å². The van der Waals surface area contributed by atoms with E-state index < -0.39 is 0 Å². The maximum atomic E-state index is 11.0. The molecule has 1 N–H and O–H groups in total. The molecule has 1 aromatic rings. The van der Waals surface area contributed by atoms with Crippen LogP contribution >= 0.6 is 0 Å². The third kappa shape index (κ3) is 4.05. The topological polar surface area (TPSA) is 29.5 Å². The van der Waals surface area contributed by atoms with E-state index in [0.717, 1.165) is 24.2 Å². The molecular formula is C25H38O2. The number of fused-ring (bicyclic) bond motifs is 3. The highest BCUT2D eigenvalue weighted by atomic mass is 16.5. The van der Waals surface area contributed by atoms with Crippen LogP contribution in [0.3, 0.4) is 0 Å². The summed E-state index contributed by atoms with van der Waals surface area (Å²) in [6.07, 6.45) is 9.52. The van der Waals surface area contributed by atoms with Crippen molar-refractivity contribution in [2.75, 3.05) is 0 Å². The van der Waals surface area contributed by atoms with Gasteiger partial charge >= 0.3 is 0 Å². The highest BCUT2D eigenvalue weighted by Crippen LogP contribution is 2.54. The van der Waals surface area contributed by atoms with Gasteiger partial charge in [0.1, 0.15) is 17.1 Å². The van der Waals surface area contributed by atoms with Gasteiger partial charge in [-0.3, -0.25) is 0 Å². The van der Waals surface area contributed by atoms with Crippen molar-refractivity contribution in [1.29, 1.82) is 0 Å². The molecule has 3 rings (SSSR count). The van der Waals surface area contributed by atoms with Crippen molar-refractivity contribution in [3.8, 4) is 11.5 Å². The molecule has 0 bridgehead atoms. The third-order valence-corrected chi connectivity index (χ3v) is 7.17. The fourth-order valence-corrected chi connectivity index (χ4v) is 5.14. The van der Waals surface area contributed by atoms with Crippen molar-refractivity contribution < 1.29 is 9.84 Å². The maximum absolute atomic E-state index is 11.0. The highest BCUT2D eigenvalue weighted by molar-refractivity contribution is 5.53. The smallest absolute Gasteiger partial charge is 0.127 e. The Labute approximate surface area is 166 Å². The number of aromatic hydroxyl groups is 1. The van der Waals surface area contributed by atoms with Gasteiger partial charge in [-0.15, -0.1) is 0 Å². The van der Waals surface area contributed by atoms with Crippen molar-refractivity contribution in [2.24, 2.45) is 11.8 Å². The predicted octanol–water partition coefficient (Wildman–Crippen LogP) is 7.32. The van der Waals surface area contributed by atoms with Crippen LogP contribution in [-0.2, 0) is 0 Å². The Morgan fingerprint density at radius 2 is 1.96 bits per heavy atom. The van der Waals surface area contributed by atoms with E-state index in [0.29, 0.717) is 29.4 Å². The molecule has 1 aromatic carbocycles. The number of rotatable bonds is 6. The summed E-state index contributed by atoms with van der Waals surface area (Å²) in [5.74, 6) is 3.18. The van der Waals surface area contributed by atoms with Gasteiger partial charge in [0.05, 0.1) is 0 Å². The molecule has 1 aliphatic heterocycles.